The predicted molar refractivity (Wildman–Crippen MR) is 52.4 cm³/mol. The van der Waals surface area contributed by atoms with Gasteiger partial charge in [0.05, 0.1) is 5.82 Å². The van der Waals surface area contributed by atoms with Gasteiger partial charge in [-0.3, -0.25) is 0 Å². The van der Waals surface area contributed by atoms with Crippen LogP contribution in [0.5, 0.6) is 0 Å². The molecule has 0 aromatic carbocycles. The first-order chi connectivity index (χ1) is 5.39. The van der Waals surface area contributed by atoms with Crippen LogP contribution < -0.4 is 11.1 Å². The normalized spacial score (nSPS) is 29.2. The van der Waals surface area contributed by atoms with Gasteiger partial charge >= 0.3 is 0 Å². The molecule has 1 saturated carbocycles. The molecule has 0 heterocycles. The summed E-state index contributed by atoms with van der Waals surface area (Å²) in [6, 6.07) is 0.576. The number of hydrogen-bond acceptors (Lipinski definition) is 2. The Kier molecular flexibility index (Phi) is 2.36. The van der Waals surface area contributed by atoms with E-state index >= 15 is 0 Å². The third-order valence-corrected chi connectivity index (χ3v) is 2.75. The molecule has 1 aliphatic rings. The van der Waals surface area contributed by atoms with Crippen molar-refractivity contribution in [1.82, 2.24) is 5.32 Å². The van der Waals surface area contributed by atoms with Crippen LogP contribution in [0.4, 0.5) is 0 Å². The van der Waals surface area contributed by atoms with Crippen LogP contribution in [-0.2, 0) is 0 Å². The van der Waals surface area contributed by atoms with Gasteiger partial charge in [-0.05, 0) is 24.2 Å². The molecule has 2 nitrogen and oxygen atoms in total. The van der Waals surface area contributed by atoms with Gasteiger partial charge in [-0.2, -0.15) is 0 Å². The van der Waals surface area contributed by atoms with Gasteiger partial charge in [0.25, 0.3) is 0 Å². The highest BCUT2D eigenvalue weighted by Gasteiger charge is 2.36. The summed E-state index contributed by atoms with van der Waals surface area (Å²) in [5.74, 6) is 1.45. The van der Waals surface area contributed by atoms with Crippen LogP contribution in [0.15, 0.2) is 12.4 Å². The summed E-state index contributed by atoms with van der Waals surface area (Å²) in [6.07, 6.45) is 2.47. The second kappa shape index (κ2) is 3.00. The van der Waals surface area contributed by atoms with E-state index in [1.807, 2.05) is 0 Å². The van der Waals surface area contributed by atoms with Crippen LogP contribution >= 0.6 is 0 Å². The molecule has 0 aromatic rings. The van der Waals surface area contributed by atoms with Crippen molar-refractivity contribution in [3.05, 3.63) is 12.4 Å². The lowest BCUT2D eigenvalue weighted by Gasteiger charge is -2.44. The standard InChI is InChI=1S/C10H20N2/c1-7(11)12-9-5-8(6-9)10(2,3)4/h8-9,12H,1,5-6,11H2,2-4H3. The minimum absolute atomic E-state index is 0.452. The molecule has 0 amide bonds. The van der Waals surface area contributed by atoms with Gasteiger partial charge in [0.15, 0.2) is 0 Å². The molecule has 3 N–H and O–H groups in total. The summed E-state index contributed by atoms with van der Waals surface area (Å²) in [5.41, 5.74) is 5.90. The fourth-order valence-corrected chi connectivity index (χ4v) is 1.70. The first-order valence-electron chi connectivity index (χ1n) is 4.60. The summed E-state index contributed by atoms with van der Waals surface area (Å²) in [7, 11) is 0. The lowest BCUT2D eigenvalue weighted by Crippen LogP contribution is -2.46. The highest BCUT2D eigenvalue weighted by atomic mass is 15.0. The Morgan fingerprint density at radius 1 is 1.42 bits per heavy atom. The van der Waals surface area contributed by atoms with Crippen LogP contribution in [0.3, 0.4) is 0 Å². The topological polar surface area (TPSA) is 38.0 Å². The Hall–Kier alpha value is -0.660. The zero-order valence-electron chi connectivity index (χ0n) is 8.35. The SMILES string of the molecule is C=C(N)NC1CC(C(C)(C)C)C1. The highest BCUT2D eigenvalue weighted by Crippen LogP contribution is 2.41. The van der Waals surface area contributed by atoms with Gasteiger partial charge in [0, 0.05) is 6.04 Å². The van der Waals surface area contributed by atoms with Gasteiger partial charge in [0.1, 0.15) is 0 Å². The highest BCUT2D eigenvalue weighted by molar-refractivity contribution is 4.96. The van der Waals surface area contributed by atoms with Crippen LogP contribution in [-0.4, -0.2) is 6.04 Å². The summed E-state index contributed by atoms with van der Waals surface area (Å²) >= 11 is 0. The van der Waals surface area contributed by atoms with Gasteiger partial charge < -0.3 is 11.1 Å². The average Bonchev–Trinajstić information content (AvgIpc) is 1.73. The molecule has 0 spiro atoms. The molecule has 2 heteroatoms. The molecule has 0 bridgehead atoms. The first kappa shape index (κ1) is 9.43. The van der Waals surface area contributed by atoms with Crippen molar-refractivity contribution in [2.75, 3.05) is 0 Å². The molecule has 1 fully saturated rings. The third kappa shape index (κ3) is 2.16. The van der Waals surface area contributed by atoms with Gasteiger partial charge in [0.2, 0.25) is 0 Å². The molecular weight excluding hydrogens is 148 g/mol. The summed E-state index contributed by atoms with van der Waals surface area (Å²) in [4.78, 5) is 0. The predicted octanol–water partition coefficient (Wildman–Crippen LogP) is 1.83. The molecular formula is C10H20N2. The molecule has 0 saturated heterocycles. The van der Waals surface area contributed by atoms with E-state index in [1.54, 1.807) is 0 Å². The van der Waals surface area contributed by atoms with E-state index in [0.717, 1.165) is 5.92 Å². The molecule has 70 valence electrons. The van der Waals surface area contributed by atoms with E-state index in [4.69, 9.17) is 5.73 Å². The quantitative estimate of drug-likeness (QED) is 0.660. The Bertz CT molecular complexity index is 173. The molecule has 0 radical (unpaired) electrons. The first-order valence-corrected chi connectivity index (χ1v) is 4.60. The fraction of sp³-hybridized carbons (Fsp3) is 0.800. The van der Waals surface area contributed by atoms with Crippen molar-refractivity contribution in [2.24, 2.45) is 17.1 Å². The Morgan fingerprint density at radius 3 is 2.25 bits per heavy atom. The average molecular weight is 168 g/mol. The summed E-state index contributed by atoms with van der Waals surface area (Å²) in [6.45, 7) is 10.5. The maximum absolute atomic E-state index is 5.45. The molecule has 0 aliphatic heterocycles. The molecule has 12 heavy (non-hydrogen) atoms. The molecule has 1 rings (SSSR count). The zero-order chi connectivity index (χ0) is 9.35. The third-order valence-electron chi connectivity index (χ3n) is 2.75. The number of nitrogens with two attached hydrogens (primary N) is 1. The minimum Gasteiger partial charge on any atom is -0.386 e. The summed E-state index contributed by atoms with van der Waals surface area (Å²) in [5, 5.41) is 3.16. The van der Waals surface area contributed by atoms with E-state index in [0.29, 0.717) is 17.3 Å². The Labute approximate surface area is 75.2 Å². The maximum atomic E-state index is 5.45. The number of rotatable bonds is 2. The molecule has 1 aliphatic carbocycles. The van der Waals surface area contributed by atoms with E-state index in [2.05, 4.69) is 32.7 Å². The zero-order valence-corrected chi connectivity index (χ0v) is 8.35. The molecule has 0 unspecified atom stereocenters. The number of nitrogens with one attached hydrogen (secondary N) is 1. The van der Waals surface area contributed by atoms with Gasteiger partial charge in [-0.1, -0.05) is 27.4 Å². The van der Waals surface area contributed by atoms with Crippen molar-refractivity contribution in [1.29, 1.82) is 0 Å². The number of hydrogen-bond donors (Lipinski definition) is 2. The van der Waals surface area contributed by atoms with Crippen molar-refractivity contribution < 1.29 is 0 Å². The van der Waals surface area contributed by atoms with Crippen LogP contribution in [0, 0.1) is 11.3 Å². The van der Waals surface area contributed by atoms with E-state index < -0.39 is 0 Å². The van der Waals surface area contributed by atoms with Gasteiger partial charge in [-0.25, -0.2) is 0 Å². The van der Waals surface area contributed by atoms with Crippen molar-refractivity contribution in [3.8, 4) is 0 Å². The van der Waals surface area contributed by atoms with E-state index in [-0.39, 0.29) is 0 Å². The molecule has 0 atom stereocenters. The Morgan fingerprint density at radius 2 is 1.92 bits per heavy atom. The van der Waals surface area contributed by atoms with E-state index in [1.165, 1.54) is 12.8 Å². The van der Waals surface area contributed by atoms with Crippen LogP contribution in [0.25, 0.3) is 0 Å². The summed E-state index contributed by atoms with van der Waals surface area (Å²) < 4.78 is 0. The van der Waals surface area contributed by atoms with Crippen molar-refractivity contribution in [3.63, 3.8) is 0 Å². The smallest absolute Gasteiger partial charge is 0.0888 e. The maximum Gasteiger partial charge on any atom is 0.0888 e. The fourth-order valence-electron chi connectivity index (χ4n) is 1.70. The van der Waals surface area contributed by atoms with Crippen molar-refractivity contribution in [2.45, 2.75) is 39.7 Å². The Balaban J connectivity index is 2.25. The van der Waals surface area contributed by atoms with Crippen LogP contribution in [0.2, 0.25) is 0 Å². The molecule has 0 aromatic heterocycles. The second-order valence-corrected chi connectivity index (χ2v) is 4.90. The monoisotopic (exact) mass is 168 g/mol. The van der Waals surface area contributed by atoms with Crippen LogP contribution in [0.1, 0.15) is 33.6 Å². The van der Waals surface area contributed by atoms with E-state index in [9.17, 15) is 0 Å². The minimum atomic E-state index is 0.452. The lowest BCUT2D eigenvalue weighted by molar-refractivity contribution is 0.104. The van der Waals surface area contributed by atoms with Crippen molar-refractivity contribution >= 4 is 0 Å². The largest absolute Gasteiger partial charge is 0.386 e. The van der Waals surface area contributed by atoms with Gasteiger partial charge in [-0.15, -0.1) is 0 Å². The lowest BCUT2D eigenvalue weighted by atomic mass is 9.66. The second-order valence-electron chi connectivity index (χ2n) is 4.90.